The highest BCUT2D eigenvalue weighted by molar-refractivity contribution is 7.84. The Hall–Kier alpha value is -1.43. The molecule has 1 rings (SSSR count). The Morgan fingerprint density at radius 2 is 2.25 bits per heavy atom. The highest BCUT2D eigenvalue weighted by Crippen LogP contribution is 2.16. The van der Waals surface area contributed by atoms with Crippen molar-refractivity contribution < 1.29 is 18.5 Å². The molecule has 0 heterocycles. The molecule has 0 aliphatic carbocycles. The van der Waals surface area contributed by atoms with Crippen molar-refractivity contribution in [3.8, 4) is 0 Å². The second kappa shape index (κ2) is 5.60. The predicted octanol–water partition coefficient (Wildman–Crippen LogP) is 1.31. The fourth-order valence-electron chi connectivity index (χ4n) is 1.18. The molecule has 0 radical (unpaired) electrons. The van der Waals surface area contributed by atoms with Crippen LogP contribution in [0.2, 0.25) is 0 Å². The second-order valence-corrected chi connectivity index (χ2v) is 4.75. The van der Waals surface area contributed by atoms with Crippen LogP contribution >= 0.6 is 0 Å². The van der Waals surface area contributed by atoms with Gasteiger partial charge in [0.05, 0.1) is 5.56 Å². The van der Waals surface area contributed by atoms with Gasteiger partial charge in [0, 0.05) is 35.0 Å². The summed E-state index contributed by atoms with van der Waals surface area (Å²) in [5.74, 6) is -1.38. The summed E-state index contributed by atoms with van der Waals surface area (Å²) in [5.41, 5.74) is 0.209. The van der Waals surface area contributed by atoms with Crippen molar-refractivity contribution in [2.24, 2.45) is 0 Å². The van der Waals surface area contributed by atoms with Crippen LogP contribution in [0.1, 0.15) is 10.4 Å². The summed E-state index contributed by atoms with van der Waals surface area (Å²) in [6.07, 6.45) is 1.56. The Labute approximate surface area is 94.9 Å². The third kappa shape index (κ3) is 3.62. The minimum Gasteiger partial charge on any atom is -0.478 e. The number of carboxylic acids is 1. The average Bonchev–Trinajstić information content (AvgIpc) is 2.19. The number of nitrogens with one attached hydrogen (secondary N) is 1. The highest BCUT2D eigenvalue weighted by Gasteiger charge is 2.10. The first-order chi connectivity index (χ1) is 7.50. The Bertz CT molecular complexity index is 423. The topological polar surface area (TPSA) is 66.4 Å². The van der Waals surface area contributed by atoms with E-state index in [-0.39, 0.29) is 5.56 Å². The smallest absolute Gasteiger partial charge is 0.337 e. The third-order valence-corrected chi connectivity index (χ3v) is 2.70. The van der Waals surface area contributed by atoms with E-state index < -0.39 is 22.6 Å². The molecule has 6 heteroatoms. The normalized spacial score (nSPS) is 12.1. The van der Waals surface area contributed by atoms with E-state index in [9.17, 15) is 13.4 Å². The van der Waals surface area contributed by atoms with Gasteiger partial charge in [-0.1, -0.05) is 0 Å². The van der Waals surface area contributed by atoms with Crippen LogP contribution in [-0.2, 0) is 10.8 Å². The zero-order chi connectivity index (χ0) is 12.1. The quantitative estimate of drug-likeness (QED) is 0.821. The average molecular weight is 245 g/mol. The van der Waals surface area contributed by atoms with Crippen LogP contribution in [0.5, 0.6) is 0 Å². The number of anilines is 1. The van der Waals surface area contributed by atoms with E-state index >= 15 is 0 Å². The van der Waals surface area contributed by atoms with E-state index in [1.165, 1.54) is 12.1 Å². The lowest BCUT2D eigenvalue weighted by molar-refractivity contribution is 0.0697. The molecule has 0 aliphatic heterocycles. The van der Waals surface area contributed by atoms with Crippen LogP contribution in [-0.4, -0.2) is 33.8 Å². The highest BCUT2D eigenvalue weighted by atomic mass is 32.2. The molecule has 1 atom stereocenters. The van der Waals surface area contributed by atoms with Gasteiger partial charge in [-0.25, -0.2) is 9.18 Å². The molecule has 0 fully saturated rings. The summed E-state index contributed by atoms with van der Waals surface area (Å²) in [6, 6.07) is 3.49. The number of hydrogen-bond donors (Lipinski definition) is 2. The van der Waals surface area contributed by atoms with Crippen LogP contribution in [0, 0.1) is 5.82 Å². The molecule has 1 aromatic rings. The molecule has 0 aliphatic rings. The number of halogens is 1. The Kier molecular flexibility index (Phi) is 4.42. The van der Waals surface area contributed by atoms with Crippen molar-refractivity contribution in [2.45, 2.75) is 0 Å². The molecule has 0 aromatic heterocycles. The molecular formula is C10H12FNO3S. The summed E-state index contributed by atoms with van der Waals surface area (Å²) >= 11 is 0. The first-order valence-corrected chi connectivity index (χ1v) is 6.30. The molecule has 2 N–H and O–H groups in total. The number of benzene rings is 1. The van der Waals surface area contributed by atoms with Gasteiger partial charge in [-0.15, -0.1) is 0 Å². The fraction of sp³-hybridized carbons (Fsp3) is 0.300. The fourth-order valence-corrected chi connectivity index (χ4v) is 1.57. The van der Waals surface area contributed by atoms with Gasteiger partial charge in [0.25, 0.3) is 0 Å². The number of aromatic carboxylic acids is 1. The first-order valence-electron chi connectivity index (χ1n) is 4.57. The third-order valence-electron chi connectivity index (χ3n) is 1.92. The van der Waals surface area contributed by atoms with E-state index in [4.69, 9.17) is 5.11 Å². The van der Waals surface area contributed by atoms with Crippen LogP contribution in [0.3, 0.4) is 0 Å². The van der Waals surface area contributed by atoms with Crippen molar-refractivity contribution >= 4 is 22.5 Å². The van der Waals surface area contributed by atoms with Crippen molar-refractivity contribution in [3.05, 3.63) is 29.6 Å². The summed E-state index contributed by atoms with van der Waals surface area (Å²) < 4.78 is 23.6. The number of hydrogen-bond acceptors (Lipinski definition) is 3. The second-order valence-electron chi connectivity index (χ2n) is 3.20. The Morgan fingerprint density at radius 1 is 1.56 bits per heavy atom. The van der Waals surface area contributed by atoms with Gasteiger partial charge in [0.2, 0.25) is 0 Å². The largest absolute Gasteiger partial charge is 0.478 e. The maximum Gasteiger partial charge on any atom is 0.337 e. The summed E-state index contributed by atoms with van der Waals surface area (Å²) in [6.45, 7) is 0.384. The molecular weight excluding hydrogens is 233 g/mol. The molecule has 0 bridgehead atoms. The Morgan fingerprint density at radius 3 is 2.81 bits per heavy atom. The number of rotatable bonds is 5. The standard InChI is InChI=1S/C10H12FNO3S/c1-16(15)5-4-12-9-3-2-7(11)6-8(9)10(13)14/h2-3,6,12H,4-5H2,1H3,(H,13,14). The van der Waals surface area contributed by atoms with Crippen LogP contribution < -0.4 is 5.32 Å². The lowest BCUT2D eigenvalue weighted by Crippen LogP contribution is -2.12. The van der Waals surface area contributed by atoms with Crippen molar-refractivity contribution in [1.82, 2.24) is 0 Å². The molecule has 0 saturated heterocycles. The molecule has 0 spiro atoms. The Balaban J connectivity index is 2.78. The maximum absolute atomic E-state index is 12.8. The molecule has 1 aromatic carbocycles. The van der Waals surface area contributed by atoms with E-state index in [0.717, 1.165) is 6.07 Å². The monoisotopic (exact) mass is 245 g/mol. The number of carbonyl (C=O) groups is 1. The van der Waals surface area contributed by atoms with Gasteiger partial charge < -0.3 is 10.4 Å². The maximum atomic E-state index is 12.8. The van der Waals surface area contributed by atoms with Crippen LogP contribution in [0.15, 0.2) is 18.2 Å². The van der Waals surface area contributed by atoms with Gasteiger partial charge in [-0.05, 0) is 18.2 Å². The van der Waals surface area contributed by atoms with Crippen molar-refractivity contribution in [1.29, 1.82) is 0 Å². The lowest BCUT2D eigenvalue weighted by Gasteiger charge is -2.08. The minimum absolute atomic E-state index is 0.123. The summed E-state index contributed by atoms with van der Waals surface area (Å²) in [5, 5.41) is 11.6. The van der Waals surface area contributed by atoms with Gasteiger partial charge in [-0.3, -0.25) is 4.21 Å². The summed E-state index contributed by atoms with van der Waals surface area (Å²) in [7, 11) is -0.945. The molecule has 88 valence electrons. The minimum atomic E-state index is -1.19. The first kappa shape index (κ1) is 12.6. The SMILES string of the molecule is CS(=O)CCNc1ccc(F)cc1C(=O)O. The number of carboxylic acid groups (broad SMARTS) is 1. The summed E-state index contributed by atoms with van der Waals surface area (Å²) in [4.78, 5) is 10.8. The van der Waals surface area contributed by atoms with Crippen LogP contribution in [0.4, 0.5) is 10.1 Å². The molecule has 0 saturated carbocycles. The van der Waals surface area contributed by atoms with Gasteiger partial charge in [0.15, 0.2) is 0 Å². The zero-order valence-corrected chi connectivity index (χ0v) is 9.51. The van der Waals surface area contributed by atoms with E-state index in [1.807, 2.05) is 0 Å². The molecule has 4 nitrogen and oxygen atoms in total. The van der Waals surface area contributed by atoms with Gasteiger partial charge in [-0.2, -0.15) is 0 Å². The van der Waals surface area contributed by atoms with Crippen LogP contribution in [0.25, 0.3) is 0 Å². The van der Waals surface area contributed by atoms with Crippen molar-refractivity contribution in [2.75, 3.05) is 23.9 Å². The molecule has 1 unspecified atom stereocenters. The van der Waals surface area contributed by atoms with E-state index in [0.29, 0.717) is 18.0 Å². The molecule has 0 amide bonds. The zero-order valence-electron chi connectivity index (χ0n) is 8.70. The lowest BCUT2D eigenvalue weighted by atomic mass is 10.1. The predicted molar refractivity (Wildman–Crippen MR) is 60.8 cm³/mol. The van der Waals surface area contributed by atoms with Gasteiger partial charge in [0.1, 0.15) is 5.82 Å². The van der Waals surface area contributed by atoms with E-state index in [1.54, 1.807) is 6.26 Å². The van der Waals surface area contributed by atoms with E-state index in [2.05, 4.69) is 5.32 Å². The van der Waals surface area contributed by atoms with Crippen molar-refractivity contribution in [3.63, 3.8) is 0 Å². The molecule has 16 heavy (non-hydrogen) atoms. The van der Waals surface area contributed by atoms with Gasteiger partial charge >= 0.3 is 5.97 Å².